The highest BCUT2D eigenvalue weighted by molar-refractivity contribution is 6.42. The van der Waals surface area contributed by atoms with Gasteiger partial charge < -0.3 is 15.8 Å². The number of carbonyl (C=O) groups excluding carboxylic acids is 1. The minimum absolute atomic E-state index is 0.346. The molecular weight excluding hydrogens is 299 g/mol. The van der Waals surface area contributed by atoms with Gasteiger partial charge >= 0.3 is 5.97 Å². The minimum atomic E-state index is -0.472. The number of methoxy groups -OCH3 is 1. The first kappa shape index (κ1) is 14.5. The Balaban J connectivity index is 2.42. The molecule has 0 heterocycles. The molecule has 0 saturated carbocycles. The molecule has 0 fully saturated rings. The monoisotopic (exact) mass is 310 g/mol. The van der Waals surface area contributed by atoms with Gasteiger partial charge in [-0.15, -0.1) is 0 Å². The quantitative estimate of drug-likeness (QED) is 0.661. The summed E-state index contributed by atoms with van der Waals surface area (Å²) < 4.78 is 4.73. The van der Waals surface area contributed by atoms with Crippen LogP contribution in [0.5, 0.6) is 0 Å². The second-order valence-electron chi connectivity index (χ2n) is 4.02. The molecule has 20 heavy (non-hydrogen) atoms. The Morgan fingerprint density at radius 3 is 2.60 bits per heavy atom. The Morgan fingerprint density at radius 2 is 1.95 bits per heavy atom. The Kier molecular flexibility index (Phi) is 4.37. The van der Waals surface area contributed by atoms with Crippen LogP contribution < -0.4 is 11.1 Å². The van der Waals surface area contributed by atoms with Crippen LogP contribution in [0.2, 0.25) is 10.0 Å². The van der Waals surface area contributed by atoms with Crippen molar-refractivity contribution >= 4 is 46.2 Å². The molecule has 2 aromatic carbocycles. The van der Waals surface area contributed by atoms with Gasteiger partial charge in [0.15, 0.2) is 0 Å². The van der Waals surface area contributed by atoms with Gasteiger partial charge in [-0.1, -0.05) is 29.3 Å². The largest absolute Gasteiger partial charge is 0.465 e. The van der Waals surface area contributed by atoms with Crippen molar-refractivity contribution in [3.63, 3.8) is 0 Å². The van der Waals surface area contributed by atoms with Gasteiger partial charge in [0.25, 0.3) is 0 Å². The molecule has 0 aromatic heterocycles. The van der Waals surface area contributed by atoms with Crippen molar-refractivity contribution in [1.29, 1.82) is 0 Å². The number of ether oxygens (including phenoxy) is 1. The molecule has 6 heteroatoms. The SMILES string of the molecule is COC(=O)c1cccc(N)c1Nc1ccc(Cl)c(Cl)c1. The third-order valence-electron chi connectivity index (χ3n) is 2.69. The van der Waals surface area contributed by atoms with E-state index in [0.29, 0.717) is 32.7 Å². The van der Waals surface area contributed by atoms with E-state index in [4.69, 9.17) is 33.7 Å². The van der Waals surface area contributed by atoms with E-state index in [1.165, 1.54) is 7.11 Å². The van der Waals surface area contributed by atoms with Crippen molar-refractivity contribution in [2.75, 3.05) is 18.2 Å². The van der Waals surface area contributed by atoms with Gasteiger partial charge in [-0.25, -0.2) is 4.79 Å². The number of nitrogen functional groups attached to an aromatic ring is 1. The van der Waals surface area contributed by atoms with Crippen LogP contribution in [0.25, 0.3) is 0 Å². The van der Waals surface area contributed by atoms with Crippen molar-refractivity contribution in [2.45, 2.75) is 0 Å². The zero-order valence-corrected chi connectivity index (χ0v) is 12.1. The van der Waals surface area contributed by atoms with Crippen molar-refractivity contribution < 1.29 is 9.53 Å². The van der Waals surface area contributed by atoms with Gasteiger partial charge in [-0.05, 0) is 30.3 Å². The maximum atomic E-state index is 11.7. The first-order chi connectivity index (χ1) is 9.52. The predicted molar refractivity (Wildman–Crippen MR) is 81.9 cm³/mol. The van der Waals surface area contributed by atoms with Gasteiger partial charge in [0.1, 0.15) is 0 Å². The lowest BCUT2D eigenvalue weighted by Gasteiger charge is -2.13. The lowest BCUT2D eigenvalue weighted by Crippen LogP contribution is -2.07. The maximum Gasteiger partial charge on any atom is 0.340 e. The fourth-order valence-electron chi connectivity index (χ4n) is 1.71. The number of benzene rings is 2. The first-order valence-electron chi connectivity index (χ1n) is 5.72. The predicted octanol–water partition coefficient (Wildman–Crippen LogP) is 4.11. The number of hydrogen-bond acceptors (Lipinski definition) is 4. The zero-order valence-electron chi connectivity index (χ0n) is 10.6. The number of nitrogens with two attached hydrogens (primary N) is 1. The van der Waals surface area contributed by atoms with E-state index >= 15 is 0 Å². The van der Waals surface area contributed by atoms with E-state index in [2.05, 4.69) is 5.32 Å². The Hall–Kier alpha value is -1.91. The summed E-state index contributed by atoms with van der Waals surface area (Å²) in [5.41, 5.74) is 7.81. The average molecular weight is 311 g/mol. The standard InChI is InChI=1S/C14H12Cl2N2O2/c1-20-14(19)9-3-2-4-12(17)13(9)18-8-5-6-10(15)11(16)7-8/h2-7,18H,17H2,1H3. The van der Waals surface area contributed by atoms with E-state index in [1.54, 1.807) is 36.4 Å². The summed E-state index contributed by atoms with van der Waals surface area (Å²) in [6, 6.07) is 10.0. The summed E-state index contributed by atoms with van der Waals surface area (Å²) in [6.45, 7) is 0. The fraction of sp³-hybridized carbons (Fsp3) is 0.0714. The molecule has 2 rings (SSSR count). The number of anilines is 3. The molecule has 0 aliphatic carbocycles. The first-order valence-corrected chi connectivity index (χ1v) is 6.47. The van der Waals surface area contributed by atoms with Crippen molar-refractivity contribution in [1.82, 2.24) is 0 Å². The molecule has 0 unspecified atom stereocenters. The average Bonchev–Trinajstić information content (AvgIpc) is 2.44. The Bertz CT molecular complexity index is 660. The number of rotatable bonds is 3. The maximum absolute atomic E-state index is 11.7. The van der Waals surface area contributed by atoms with Crippen LogP contribution in [0.1, 0.15) is 10.4 Å². The van der Waals surface area contributed by atoms with Gasteiger partial charge in [-0.3, -0.25) is 0 Å². The molecule has 0 amide bonds. The third kappa shape index (κ3) is 2.98. The van der Waals surface area contributed by atoms with Gasteiger partial charge in [0, 0.05) is 5.69 Å². The van der Waals surface area contributed by atoms with E-state index in [9.17, 15) is 4.79 Å². The molecule has 0 radical (unpaired) electrons. The van der Waals surface area contributed by atoms with E-state index in [-0.39, 0.29) is 0 Å². The number of carbonyl (C=O) groups is 1. The van der Waals surface area contributed by atoms with Crippen molar-refractivity contribution in [2.24, 2.45) is 0 Å². The molecule has 2 aromatic rings. The highest BCUT2D eigenvalue weighted by Crippen LogP contribution is 2.31. The Labute approximate surface area is 126 Å². The van der Waals surface area contributed by atoms with Crippen molar-refractivity contribution in [3.05, 3.63) is 52.0 Å². The smallest absolute Gasteiger partial charge is 0.340 e. The molecule has 0 spiro atoms. The topological polar surface area (TPSA) is 64.3 Å². The summed E-state index contributed by atoms with van der Waals surface area (Å²) in [4.78, 5) is 11.7. The van der Waals surface area contributed by atoms with Crippen LogP contribution in [0.15, 0.2) is 36.4 Å². The van der Waals surface area contributed by atoms with E-state index in [1.807, 2.05) is 0 Å². The minimum Gasteiger partial charge on any atom is -0.465 e. The zero-order chi connectivity index (χ0) is 14.7. The molecule has 0 aliphatic rings. The second kappa shape index (κ2) is 6.03. The van der Waals surface area contributed by atoms with Gasteiger partial charge in [0.05, 0.1) is 34.1 Å². The normalized spacial score (nSPS) is 10.2. The molecule has 0 saturated heterocycles. The third-order valence-corrected chi connectivity index (χ3v) is 3.43. The molecule has 4 nitrogen and oxygen atoms in total. The summed E-state index contributed by atoms with van der Waals surface area (Å²) in [6.07, 6.45) is 0. The second-order valence-corrected chi connectivity index (χ2v) is 4.83. The van der Waals surface area contributed by atoms with Crippen LogP contribution in [-0.2, 0) is 4.74 Å². The number of para-hydroxylation sites is 1. The molecule has 0 atom stereocenters. The van der Waals surface area contributed by atoms with Crippen LogP contribution in [0.3, 0.4) is 0 Å². The highest BCUT2D eigenvalue weighted by atomic mass is 35.5. The van der Waals surface area contributed by atoms with Crippen LogP contribution in [0, 0.1) is 0 Å². The summed E-state index contributed by atoms with van der Waals surface area (Å²) in [7, 11) is 1.31. The molecule has 0 bridgehead atoms. The lowest BCUT2D eigenvalue weighted by molar-refractivity contribution is 0.0602. The molecule has 104 valence electrons. The van der Waals surface area contributed by atoms with Gasteiger partial charge in [-0.2, -0.15) is 0 Å². The van der Waals surface area contributed by atoms with Crippen LogP contribution in [-0.4, -0.2) is 13.1 Å². The summed E-state index contributed by atoms with van der Waals surface area (Å²) in [5.74, 6) is -0.472. The van der Waals surface area contributed by atoms with Crippen LogP contribution in [0.4, 0.5) is 17.1 Å². The fourth-order valence-corrected chi connectivity index (χ4v) is 2.01. The van der Waals surface area contributed by atoms with Crippen LogP contribution >= 0.6 is 23.2 Å². The van der Waals surface area contributed by atoms with E-state index < -0.39 is 5.97 Å². The van der Waals surface area contributed by atoms with E-state index in [0.717, 1.165) is 0 Å². The van der Waals surface area contributed by atoms with Gasteiger partial charge in [0.2, 0.25) is 0 Å². The van der Waals surface area contributed by atoms with Crippen molar-refractivity contribution in [3.8, 4) is 0 Å². The summed E-state index contributed by atoms with van der Waals surface area (Å²) >= 11 is 11.8. The molecular formula is C14H12Cl2N2O2. The molecule has 0 aliphatic heterocycles. The number of nitrogens with one attached hydrogen (secondary N) is 1. The lowest BCUT2D eigenvalue weighted by atomic mass is 10.1. The molecule has 3 N–H and O–H groups in total. The number of halogens is 2. The number of hydrogen-bond donors (Lipinski definition) is 2. The summed E-state index contributed by atoms with van der Waals surface area (Å²) in [5, 5.41) is 3.91. The highest BCUT2D eigenvalue weighted by Gasteiger charge is 2.14. The Morgan fingerprint density at radius 1 is 1.20 bits per heavy atom. The number of esters is 1.